The van der Waals surface area contributed by atoms with Crippen LogP contribution in [0.25, 0.3) is 11.4 Å². The van der Waals surface area contributed by atoms with Crippen molar-refractivity contribution in [3.8, 4) is 17.1 Å². The number of hydrogen-bond acceptors (Lipinski definition) is 6. The molecule has 0 unspecified atom stereocenters. The summed E-state index contributed by atoms with van der Waals surface area (Å²) in [5, 5.41) is 4.12. The molecule has 0 N–H and O–H groups in total. The summed E-state index contributed by atoms with van der Waals surface area (Å²) in [7, 11) is 1.69. The summed E-state index contributed by atoms with van der Waals surface area (Å²) in [5.74, 6) is 2.17. The third-order valence-corrected chi connectivity index (χ3v) is 5.21. The fourth-order valence-electron chi connectivity index (χ4n) is 3.21. The number of nitrogens with zero attached hydrogens (tertiary/aromatic N) is 4. The van der Waals surface area contributed by atoms with Crippen LogP contribution < -0.4 is 9.64 Å². The van der Waals surface area contributed by atoms with Crippen LogP contribution in [0, 0.1) is 0 Å². The van der Waals surface area contributed by atoms with Crippen molar-refractivity contribution in [2.45, 2.75) is 6.54 Å². The SMILES string of the molecule is COc1ccc(N2CCN(Cc3nc(-c4cccc(Br)c4)no3)CC2)cc1. The van der Waals surface area contributed by atoms with Gasteiger partial charge in [-0.05, 0) is 36.4 Å². The molecule has 0 spiro atoms. The molecular formula is C20H21BrN4O2. The van der Waals surface area contributed by atoms with Gasteiger partial charge in [-0.1, -0.05) is 33.2 Å². The Morgan fingerprint density at radius 2 is 1.85 bits per heavy atom. The molecule has 1 aromatic heterocycles. The van der Waals surface area contributed by atoms with Gasteiger partial charge in [0.2, 0.25) is 11.7 Å². The van der Waals surface area contributed by atoms with Gasteiger partial charge in [-0.15, -0.1) is 0 Å². The van der Waals surface area contributed by atoms with Crippen LogP contribution in [0.1, 0.15) is 5.89 Å². The molecule has 2 aromatic carbocycles. The summed E-state index contributed by atoms with van der Waals surface area (Å²) in [6.07, 6.45) is 0. The minimum Gasteiger partial charge on any atom is -0.497 e. The Morgan fingerprint density at radius 1 is 1.07 bits per heavy atom. The first kappa shape index (κ1) is 18.0. The van der Waals surface area contributed by atoms with E-state index in [1.165, 1.54) is 5.69 Å². The molecule has 4 rings (SSSR count). The lowest BCUT2D eigenvalue weighted by Gasteiger charge is -2.35. The first-order valence-corrected chi connectivity index (χ1v) is 9.70. The Labute approximate surface area is 166 Å². The molecule has 0 amide bonds. The van der Waals surface area contributed by atoms with Crippen molar-refractivity contribution in [3.05, 3.63) is 58.9 Å². The summed E-state index contributed by atoms with van der Waals surface area (Å²) >= 11 is 3.47. The number of halogens is 1. The molecule has 0 bridgehead atoms. The minimum atomic E-state index is 0.628. The zero-order valence-electron chi connectivity index (χ0n) is 15.1. The van der Waals surface area contributed by atoms with Crippen LogP contribution >= 0.6 is 15.9 Å². The molecular weight excluding hydrogens is 408 g/mol. The van der Waals surface area contributed by atoms with Crippen LogP contribution in [0.2, 0.25) is 0 Å². The van der Waals surface area contributed by atoms with E-state index in [1.54, 1.807) is 7.11 Å². The van der Waals surface area contributed by atoms with Crippen LogP contribution in [-0.2, 0) is 6.54 Å². The standard InChI is InChI=1S/C20H21BrN4O2/c1-26-18-7-5-17(6-8-18)25-11-9-24(10-12-25)14-19-22-20(23-27-19)15-3-2-4-16(21)13-15/h2-8,13H,9-12,14H2,1H3. The zero-order chi connectivity index (χ0) is 18.6. The highest BCUT2D eigenvalue weighted by Gasteiger charge is 2.20. The fraction of sp³-hybridized carbons (Fsp3) is 0.300. The second kappa shape index (κ2) is 8.10. The summed E-state index contributed by atoms with van der Waals surface area (Å²) in [6.45, 7) is 4.54. The number of methoxy groups -OCH3 is 1. The van der Waals surface area contributed by atoms with E-state index >= 15 is 0 Å². The second-order valence-electron chi connectivity index (χ2n) is 6.48. The van der Waals surface area contributed by atoms with E-state index in [1.807, 2.05) is 36.4 Å². The number of aromatic nitrogens is 2. The molecule has 1 aliphatic rings. The van der Waals surface area contributed by atoms with Gasteiger partial charge in [0, 0.05) is 41.9 Å². The maximum atomic E-state index is 5.45. The van der Waals surface area contributed by atoms with Gasteiger partial charge in [0.25, 0.3) is 0 Å². The van der Waals surface area contributed by atoms with Gasteiger partial charge in [-0.2, -0.15) is 4.98 Å². The Morgan fingerprint density at radius 3 is 2.56 bits per heavy atom. The van der Waals surface area contributed by atoms with Crippen LogP contribution in [0.15, 0.2) is 57.5 Å². The molecule has 27 heavy (non-hydrogen) atoms. The first-order valence-electron chi connectivity index (χ1n) is 8.91. The maximum Gasteiger partial charge on any atom is 0.241 e. The monoisotopic (exact) mass is 428 g/mol. The number of rotatable bonds is 5. The zero-order valence-corrected chi connectivity index (χ0v) is 16.7. The number of hydrogen-bond donors (Lipinski definition) is 0. The van der Waals surface area contributed by atoms with E-state index in [-0.39, 0.29) is 0 Å². The molecule has 0 saturated carbocycles. The average Bonchev–Trinajstić information content (AvgIpc) is 3.17. The van der Waals surface area contributed by atoms with E-state index in [0.717, 1.165) is 42.0 Å². The van der Waals surface area contributed by atoms with Crippen molar-refractivity contribution < 1.29 is 9.26 Å². The predicted octanol–water partition coefficient (Wildman–Crippen LogP) is 3.83. The summed E-state index contributed by atoms with van der Waals surface area (Å²) in [4.78, 5) is 9.28. The van der Waals surface area contributed by atoms with E-state index in [2.05, 4.69) is 48.0 Å². The molecule has 0 aliphatic carbocycles. The maximum absolute atomic E-state index is 5.45. The van der Waals surface area contributed by atoms with Crippen LogP contribution in [-0.4, -0.2) is 48.3 Å². The lowest BCUT2D eigenvalue weighted by atomic mass is 10.2. The van der Waals surface area contributed by atoms with Crippen LogP contribution in [0.4, 0.5) is 5.69 Å². The highest BCUT2D eigenvalue weighted by molar-refractivity contribution is 9.10. The summed E-state index contributed by atoms with van der Waals surface area (Å²) in [6, 6.07) is 16.1. The predicted molar refractivity (Wildman–Crippen MR) is 108 cm³/mol. The highest BCUT2D eigenvalue weighted by atomic mass is 79.9. The van der Waals surface area contributed by atoms with Crippen molar-refractivity contribution in [2.24, 2.45) is 0 Å². The van der Waals surface area contributed by atoms with Gasteiger partial charge in [-0.3, -0.25) is 4.90 Å². The van der Waals surface area contributed by atoms with Crippen LogP contribution in [0.5, 0.6) is 5.75 Å². The number of ether oxygens (including phenoxy) is 1. The molecule has 0 radical (unpaired) electrons. The van der Waals surface area contributed by atoms with Crippen molar-refractivity contribution in [2.75, 3.05) is 38.2 Å². The number of benzene rings is 2. The van der Waals surface area contributed by atoms with E-state index in [0.29, 0.717) is 18.3 Å². The molecule has 1 aliphatic heterocycles. The Hall–Kier alpha value is -2.38. The Kier molecular flexibility index (Phi) is 5.40. The normalized spacial score (nSPS) is 15.1. The quantitative estimate of drug-likeness (QED) is 0.615. The molecule has 1 saturated heterocycles. The summed E-state index contributed by atoms with van der Waals surface area (Å²) in [5.41, 5.74) is 2.17. The van der Waals surface area contributed by atoms with Crippen molar-refractivity contribution in [1.29, 1.82) is 0 Å². The van der Waals surface area contributed by atoms with Gasteiger partial charge >= 0.3 is 0 Å². The molecule has 3 aromatic rings. The van der Waals surface area contributed by atoms with Gasteiger partial charge in [0.1, 0.15) is 5.75 Å². The molecule has 0 atom stereocenters. The van der Waals surface area contributed by atoms with E-state index in [9.17, 15) is 0 Å². The van der Waals surface area contributed by atoms with Crippen molar-refractivity contribution in [1.82, 2.24) is 15.0 Å². The summed E-state index contributed by atoms with van der Waals surface area (Å²) < 4.78 is 11.7. The van der Waals surface area contributed by atoms with Gasteiger partial charge in [0.15, 0.2) is 0 Å². The topological polar surface area (TPSA) is 54.6 Å². The average molecular weight is 429 g/mol. The largest absolute Gasteiger partial charge is 0.497 e. The Balaban J connectivity index is 1.34. The lowest BCUT2D eigenvalue weighted by Crippen LogP contribution is -2.46. The fourth-order valence-corrected chi connectivity index (χ4v) is 3.61. The van der Waals surface area contributed by atoms with Crippen LogP contribution in [0.3, 0.4) is 0 Å². The van der Waals surface area contributed by atoms with Crippen molar-refractivity contribution >= 4 is 21.6 Å². The van der Waals surface area contributed by atoms with E-state index in [4.69, 9.17) is 9.26 Å². The third kappa shape index (κ3) is 4.31. The van der Waals surface area contributed by atoms with Gasteiger partial charge in [-0.25, -0.2) is 0 Å². The second-order valence-corrected chi connectivity index (χ2v) is 7.40. The highest BCUT2D eigenvalue weighted by Crippen LogP contribution is 2.22. The smallest absolute Gasteiger partial charge is 0.241 e. The first-order chi connectivity index (χ1) is 13.2. The van der Waals surface area contributed by atoms with Gasteiger partial charge in [0.05, 0.1) is 13.7 Å². The lowest BCUT2D eigenvalue weighted by molar-refractivity contribution is 0.215. The number of anilines is 1. The molecule has 2 heterocycles. The van der Waals surface area contributed by atoms with Gasteiger partial charge < -0.3 is 14.2 Å². The Bertz CT molecular complexity index is 889. The minimum absolute atomic E-state index is 0.628. The van der Waals surface area contributed by atoms with E-state index < -0.39 is 0 Å². The molecule has 140 valence electrons. The molecule has 7 heteroatoms. The van der Waals surface area contributed by atoms with Crippen molar-refractivity contribution in [3.63, 3.8) is 0 Å². The molecule has 6 nitrogen and oxygen atoms in total. The number of piperazine rings is 1. The third-order valence-electron chi connectivity index (χ3n) is 4.72. The molecule has 1 fully saturated rings.